The maximum atomic E-state index is 11.9. The van der Waals surface area contributed by atoms with Crippen molar-refractivity contribution in [2.24, 2.45) is 5.73 Å². The minimum Gasteiger partial charge on any atom is -0.366 e. The molecule has 0 radical (unpaired) electrons. The Balaban J connectivity index is 1.97. The number of carbonyl (C=O) groups is 2. The van der Waals surface area contributed by atoms with Gasteiger partial charge in [-0.15, -0.1) is 0 Å². The summed E-state index contributed by atoms with van der Waals surface area (Å²) in [5.41, 5.74) is 6.10. The van der Waals surface area contributed by atoms with Crippen LogP contribution in [0, 0.1) is 0 Å². The van der Waals surface area contributed by atoms with Crippen LogP contribution in [0.1, 0.15) is 33.6 Å². The molecular weight excluding hydrogens is 230 g/mol. The van der Waals surface area contributed by atoms with E-state index in [4.69, 9.17) is 5.73 Å². The highest BCUT2D eigenvalue weighted by molar-refractivity contribution is 5.97. The second kappa shape index (κ2) is 5.64. The van der Waals surface area contributed by atoms with Crippen LogP contribution in [0.4, 0.5) is 0 Å². The van der Waals surface area contributed by atoms with Crippen molar-refractivity contribution in [3.05, 3.63) is 35.4 Å². The summed E-state index contributed by atoms with van der Waals surface area (Å²) in [7, 11) is 0. The van der Waals surface area contributed by atoms with Crippen LogP contribution in [-0.2, 0) is 0 Å². The second-order valence-electron chi connectivity index (χ2n) is 4.46. The number of rotatable bonds is 3. The van der Waals surface area contributed by atoms with E-state index in [1.54, 1.807) is 24.3 Å². The number of carbonyl (C=O) groups excluding carboxylic acids is 2. The molecule has 18 heavy (non-hydrogen) atoms. The third-order valence-corrected chi connectivity index (χ3v) is 3.06. The van der Waals surface area contributed by atoms with Crippen LogP contribution >= 0.6 is 0 Å². The van der Waals surface area contributed by atoms with Crippen molar-refractivity contribution < 1.29 is 9.59 Å². The summed E-state index contributed by atoms with van der Waals surface area (Å²) in [6, 6.07) is 6.55. The van der Waals surface area contributed by atoms with Gasteiger partial charge in [-0.1, -0.05) is 0 Å². The maximum absolute atomic E-state index is 11.9. The molecule has 5 nitrogen and oxygen atoms in total. The fraction of sp³-hybridized carbons (Fsp3) is 0.385. The van der Waals surface area contributed by atoms with Gasteiger partial charge >= 0.3 is 0 Å². The highest BCUT2D eigenvalue weighted by Crippen LogP contribution is 2.06. The average Bonchev–Trinajstić information content (AvgIpc) is 2.40. The Kier molecular flexibility index (Phi) is 3.94. The molecule has 96 valence electrons. The Morgan fingerprint density at radius 2 is 1.89 bits per heavy atom. The first-order valence-electron chi connectivity index (χ1n) is 6.08. The van der Waals surface area contributed by atoms with Crippen molar-refractivity contribution in [3.63, 3.8) is 0 Å². The number of nitrogens with one attached hydrogen (secondary N) is 2. The van der Waals surface area contributed by atoms with Crippen molar-refractivity contribution >= 4 is 11.8 Å². The first kappa shape index (κ1) is 12.6. The molecule has 5 heteroatoms. The zero-order chi connectivity index (χ0) is 13.0. The van der Waals surface area contributed by atoms with E-state index in [-0.39, 0.29) is 11.9 Å². The Labute approximate surface area is 106 Å². The second-order valence-corrected chi connectivity index (χ2v) is 4.46. The smallest absolute Gasteiger partial charge is 0.251 e. The Morgan fingerprint density at radius 3 is 2.44 bits per heavy atom. The van der Waals surface area contributed by atoms with Gasteiger partial charge in [0.15, 0.2) is 0 Å². The quantitative estimate of drug-likeness (QED) is 0.716. The van der Waals surface area contributed by atoms with E-state index in [2.05, 4.69) is 10.6 Å². The van der Waals surface area contributed by atoms with Crippen LogP contribution in [-0.4, -0.2) is 30.9 Å². The summed E-state index contributed by atoms with van der Waals surface area (Å²) >= 11 is 0. The van der Waals surface area contributed by atoms with Gasteiger partial charge in [-0.25, -0.2) is 0 Å². The number of hydrogen-bond donors (Lipinski definition) is 3. The number of hydrogen-bond acceptors (Lipinski definition) is 3. The lowest BCUT2D eigenvalue weighted by atomic mass is 10.1. The predicted molar refractivity (Wildman–Crippen MR) is 68.3 cm³/mol. The summed E-state index contributed by atoms with van der Waals surface area (Å²) in [6.07, 6.45) is 2.07. The van der Waals surface area contributed by atoms with Crippen molar-refractivity contribution in [1.82, 2.24) is 10.6 Å². The number of nitrogens with two attached hydrogens (primary N) is 1. The molecular formula is C13H17N3O2. The van der Waals surface area contributed by atoms with Crippen LogP contribution in [0.3, 0.4) is 0 Å². The molecule has 0 spiro atoms. The molecule has 1 aliphatic rings. The van der Waals surface area contributed by atoms with Crippen molar-refractivity contribution in [2.45, 2.75) is 18.9 Å². The van der Waals surface area contributed by atoms with E-state index in [1.807, 2.05) is 0 Å². The highest BCUT2D eigenvalue weighted by Gasteiger charge is 2.16. The van der Waals surface area contributed by atoms with E-state index < -0.39 is 5.91 Å². The Hall–Kier alpha value is -1.88. The van der Waals surface area contributed by atoms with Gasteiger partial charge in [-0.3, -0.25) is 9.59 Å². The van der Waals surface area contributed by atoms with Gasteiger partial charge in [-0.2, -0.15) is 0 Å². The van der Waals surface area contributed by atoms with Gasteiger partial charge in [0.05, 0.1) is 0 Å². The molecule has 0 aromatic heterocycles. The predicted octanol–water partition coefficient (Wildman–Crippen LogP) is 0.267. The lowest BCUT2D eigenvalue weighted by Gasteiger charge is -2.23. The number of amides is 2. The summed E-state index contributed by atoms with van der Waals surface area (Å²) in [5, 5.41) is 6.21. The van der Waals surface area contributed by atoms with E-state index in [1.165, 1.54) is 0 Å². The molecule has 0 saturated carbocycles. The van der Waals surface area contributed by atoms with E-state index in [9.17, 15) is 9.59 Å². The Bertz CT molecular complexity index is 436. The van der Waals surface area contributed by atoms with Gasteiger partial charge in [0.2, 0.25) is 5.91 Å². The lowest BCUT2D eigenvalue weighted by Crippen LogP contribution is -2.45. The zero-order valence-corrected chi connectivity index (χ0v) is 10.1. The number of benzene rings is 1. The highest BCUT2D eigenvalue weighted by atomic mass is 16.2. The van der Waals surface area contributed by atoms with Crippen molar-refractivity contribution in [2.75, 3.05) is 13.1 Å². The van der Waals surface area contributed by atoms with Gasteiger partial charge in [0.1, 0.15) is 0 Å². The molecule has 1 aromatic rings. The van der Waals surface area contributed by atoms with Crippen LogP contribution in [0.5, 0.6) is 0 Å². The summed E-state index contributed by atoms with van der Waals surface area (Å²) in [5.74, 6) is -0.599. The van der Waals surface area contributed by atoms with E-state index in [0.717, 1.165) is 25.9 Å². The third-order valence-electron chi connectivity index (χ3n) is 3.06. The molecule has 2 rings (SSSR count). The maximum Gasteiger partial charge on any atom is 0.251 e. The normalized spacial score (nSPS) is 19.2. The summed E-state index contributed by atoms with van der Waals surface area (Å²) < 4.78 is 0. The molecule has 1 saturated heterocycles. The summed E-state index contributed by atoms with van der Waals surface area (Å²) in [6.45, 7) is 1.82. The van der Waals surface area contributed by atoms with Crippen LogP contribution in [0.25, 0.3) is 0 Å². The zero-order valence-electron chi connectivity index (χ0n) is 10.1. The van der Waals surface area contributed by atoms with Crippen LogP contribution in [0.2, 0.25) is 0 Å². The van der Waals surface area contributed by atoms with Gasteiger partial charge < -0.3 is 16.4 Å². The molecule has 0 bridgehead atoms. The molecule has 4 N–H and O–H groups in total. The standard InChI is InChI=1S/C13H17N3O2/c14-12(17)9-3-5-10(6-4-9)13(18)16-11-2-1-7-15-8-11/h3-6,11,15H,1-2,7-8H2,(H2,14,17)(H,16,18)/t11-/m0/s1. The fourth-order valence-electron chi connectivity index (χ4n) is 2.03. The van der Waals surface area contributed by atoms with Crippen LogP contribution < -0.4 is 16.4 Å². The third kappa shape index (κ3) is 3.07. The lowest BCUT2D eigenvalue weighted by molar-refractivity contribution is 0.0928. The molecule has 1 heterocycles. The van der Waals surface area contributed by atoms with Gasteiger partial charge in [0, 0.05) is 23.7 Å². The SMILES string of the molecule is NC(=O)c1ccc(C(=O)N[C@H]2CCCNC2)cc1. The van der Waals surface area contributed by atoms with E-state index >= 15 is 0 Å². The van der Waals surface area contributed by atoms with Gasteiger partial charge in [-0.05, 0) is 43.7 Å². The molecule has 1 atom stereocenters. The molecule has 0 aliphatic carbocycles. The monoisotopic (exact) mass is 247 g/mol. The Morgan fingerprint density at radius 1 is 1.22 bits per heavy atom. The van der Waals surface area contributed by atoms with Crippen LogP contribution in [0.15, 0.2) is 24.3 Å². The molecule has 2 amide bonds. The molecule has 1 aliphatic heterocycles. The van der Waals surface area contributed by atoms with Crippen molar-refractivity contribution in [3.8, 4) is 0 Å². The topological polar surface area (TPSA) is 84.2 Å². The largest absolute Gasteiger partial charge is 0.366 e. The number of primary amides is 1. The summed E-state index contributed by atoms with van der Waals surface area (Å²) in [4.78, 5) is 22.9. The number of piperidine rings is 1. The van der Waals surface area contributed by atoms with E-state index in [0.29, 0.717) is 11.1 Å². The molecule has 1 aromatic carbocycles. The minimum atomic E-state index is -0.488. The first-order valence-corrected chi connectivity index (χ1v) is 6.08. The fourth-order valence-corrected chi connectivity index (χ4v) is 2.03. The molecule has 0 unspecified atom stereocenters. The average molecular weight is 247 g/mol. The van der Waals surface area contributed by atoms with Gasteiger partial charge in [0.25, 0.3) is 5.91 Å². The van der Waals surface area contributed by atoms with Crippen molar-refractivity contribution in [1.29, 1.82) is 0 Å². The minimum absolute atomic E-state index is 0.111. The molecule has 1 fully saturated rings. The first-order chi connectivity index (χ1) is 8.66.